The van der Waals surface area contributed by atoms with Gasteiger partial charge in [0.2, 0.25) is 5.82 Å². The lowest BCUT2D eigenvalue weighted by molar-refractivity contribution is 0.0342. The Labute approximate surface area is 179 Å². The van der Waals surface area contributed by atoms with E-state index < -0.39 is 0 Å². The van der Waals surface area contributed by atoms with Crippen LogP contribution in [0, 0.1) is 0 Å². The molecule has 0 unspecified atom stereocenters. The summed E-state index contributed by atoms with van der Waals surface area (Å²) in [6, 6.07) is 18.1. The molecule has 1 aliphatic rings. The van der Waals surface area contributed by atoms with Crippen molar-refractivity contribution in [3.8, 4) is 23.0 Å². The number of rotatable bonds is 6. The highest BCUT2D eigenvalue weighted by Gasteiger charge is 2.19. The Morgan fingerprint density at radius 2 is 1.61 bits per heavy atom. The molecule has 0 spiro atoms. The number of benzene rings is 2. The highest BCUT2D eigenvalue weighted by atomic mass is 16.5. The first-order valence-electron chi connectivity index (χ1n) is 10.2. The predicted molar refractivity (Wildman–Crippen MR) is 115 cm³/mol. The second kappa shape index (κ2) is 8.66. The number of nitrogens with zero attached hydrogens (tertiary/aromatic N) is 6. The lowest BCUT2D eigenvalue weighted by Gasteiger charge is -2.26. The standard InChI is InChI=1S/C22H23N7O2/c23-20-19(22-24-21(26-31-22)18-4-2-1-3-5-18)25-27-29(20)15-17-8-6-16(7-9-17)14-28-10-12-30-13-11-28/h1-9H,10-15,23H2. The summed E-state index contributed by atoms with van der Waals surface area (Å²) in [6.45, 7) is 5.00. The number of aromatic nitrogens is 5. The molecule has 2 N–H and O–H groups in total. The molecule has 5 rings (SSSR count). The van der Waals surface area contributed by atoms with Crippen LogP contribution in [0.3, 0.4) is 0 Å². The van der Waals surface area contributed by atoms with Gasteiger partial charge < -0.3 is 15.0 Å². The number of nitrogen functional groups attached to an aromatic ring is 1. The van der Waals surface area contributed by atoms with Crippen molar-refractivity contribution in [1.29, 1.82) is 0 Å². The van der Waals surface area contributed by atoms with Crippen molar-refractivity contribution < 1.29 is 9.26 Å². The normalized spacial score (nSPS) is 14.7. The van der Waals surface area contributed by atoms with E-state index in [2.05, 4.69) is 49.6 Å². The van der Waals surface area contributed by atoms with Crippen molar-refractivity contribution in [2.24, 2.45) is 0 Å². The van der Waals surface area contributed by atoms with Crippen molar-refractivity contribution in [1.82, 2.24) is 30.0 Å². The maximum Gasteiger partial charge on any atom is 0.282 e. The van der Waals surface area contributed by atoms with Crippen LogP contribution in [0.4, 0.5) is 5.82 Å². The first-order valence-corrected chi connectivity index (χ1v) is 10.2. The van der Waals surface area contributed by atoms with Crippen molar-refractivity contribution in [2.45, 2.75) is 13.1 Å². The molecule has 4 aromatic rings. The molecule has 3 heterocycles. The molecule has 158 valence electrons. The fourth-order valence-corrected chi connectivity index (χ4v) is 3.55. The summed E-state index contributed by atoms with van der Waals surface area (Å²) >= 11 is 0. The molecule has 2 aromatic carbocycles. The summed E-state index contributed by atoms with van der Waals surface area (Å²) in [5, 5.41) is 12.4. The minimum atomic E-state index is 0.253. The van der Waals surface area contributed by atoms with E-state index in [4.69, 9.17) is 15.0 Å². The lowest BCUT2D eigenvalue weighted by Crippen LogP contribution is -2.35. The van der Waals surface area contributed by atoms with E-state index in [1.165, 1.54) is 5.56 Å². The van der Waals surface area contributed by atoms with Gasteiger partial charge in [0.05, 0.1) is 19.8 Å². The van der Waals surface area contributed by atoms with Gasteiger partial charge in [-0.05, 0) is 11.1 Å². The lowest BCUT2D eigenvalue weighted by atomic mass is 10.1. The summed E-state index contributed by atoms with van der Waals surface area (Å²) in [5.74, 6) is 1.13. The predicted octanol–water partition coefficient (Wildman–Crippen LogP) is 2.46. The van der Waals surface area contributed by atoms with Crippen LogP contribution in [-0.2, 0) is 17.8 Å². The molecule has 0 saturated carbocycles. The van der Waals surface area contributed by atoms with E-state index in [1.807, 2.05) is 30.3 Å². The third-order valence-corrected chi connectivity index (χ3v) is 5.30. The highest BCUT2D eigenvalue weighted by molar-refractivity contribution is 5.64. The molecular formula is C22H23N7O2. The highest BCUT2D eigenvalue weighted by Crippen LogP contribution is 2.25. The van der Waals surface area contributed by atoms with Crippen LogP contribution in [0.15, 0.2) is 59.1 Å². The molecule has 0 atom stereocenters. The molecule has 0 radical (unpaired) electrons. The maximum absolute atomic E-state index is 6.28. The molecule has 1 fully saturated rings. The Morgan fingerprint density at radius 3 is 2.35 bits per heavy atom. The van der Waals surface area contributed by atoms with Crippen LogP contribution in [0.2, 0.25) is 0 Å². The molecular weight excluding hydrogens is 394 g/mol. The van der Waals surface area contributed by atoms with Crippen molar-refractivity contribution in [3.63, 3.8) is 0 Å². The van der Waals surface area contributed by atoms with Gasteiger partial charge in [-0.1, -0.05) is 65.0 Å². The minimum absolute atomic E-state index is 0.253. The zero-order valence-electron chi connectivity index (χ0n) is 17.0. The number of anilines is 1. The zero-order valence-corrected chi connectivity index (χ0v) is 17.0. The van der Waals surface area contributed by atoms with Crippen LogP contribution >= 0.6 is 0 Å². The van der Waals surface area contributed by atoms with Gasteiger partial charge >= 0.3 is 0 Å². The Kier molecular flexibility index (Phi) is 5.42. The summed E-state index contributed by atoms with van der Waals surface area (Å²) in [4.78, 5) is 6.81. The monoisotopic (exact) mass is 417 g/mol. The van der Waals surface area contributed by atoms with Gasteiger partial charge in [0.25, 0.3) is 5.89 Å². The summed E-state index contributed by atoms with van der Waals surface area (Å²) < 4.78 is 12.4. The molecule has 1 aliphatic heterocycles. The first kappa shape index (κ1) is 19.4. The summed E-state index contributed by atoms with van der Waals surface area (Å²) in [6.07, 6.45) is 0. The number of morpholine rings is 1. The SMILES string of the molecule is Nc1c(-c2nc(-c3ccccc3)no2)nnn1Cc1ccc(CN2CCOCC2)cc1. The van der Waals surface area contributed by atoms with Crippen molar-refractivity contribution >= 4 is 5.82 Å². The number of nitrogens with two attached hydrogens (primary N) is 1. The van der Waals surface area contributed by atoms with Gasteiger partial charge in [0, 0.05) is 25.2 Å². The molecule has 9 nitrogen and oxygen atoms in total. The van der Waals surface area contributed by atoms with Gasteiger partial charge in [0.1, 0.15) is 0 Å². The number of hydrogen-bond donors (Lipinski definition) is 1. The van der Waals surface area contributed by atoms with Gasteiger partial charge in [-0.15, -0.1) is 5.10 Å². The van der Waals surface area contributed by atoms with Crippen molar-refractivity contribution in [2.75, 3.05) is 32.0 Å². The minimum Gasteiger partial charge on any atom is -0.382 e. The second-order valence-corrected chi connectivity index (χ2v) is 7.48. The fraction of sp³-hybridized carbons (Fsp3) is 0.273. The molecule has 1 saturated heterocycles. The molecule has 0 amide bonds. The smallest absolute Gasteiger partial charge is 0.282 e. The van der Waals surface area contributed by atoms with Crippen LogP contribution in [-0.4, -0.2) is 56.3 Å². The Bertz CT molecular complexity index is 1130. The number of hydrogen-bond acceptors (Lipinski definition) is 8. The third kappa shape index (κ3) is 4.32. The zero-order chi connectivity index (χ0) is 21.0. The maximum atomic E-state index is 6.28. The summed E-state index contributed by atoms with van der Waals surface area (Å²) in [5.41, 5.74) is 9.89. The molecule has 2 aromatic heterocycles. The Morgan fingerprint density at radius 1 is 0.903 bits per heavy atom. The average molecular weight is 417 g/mol. The van der Waals surface area contributed by atoms with Gasteiger partial charge in [-0.3, -0.25) is 4.90 Å². The first-order chi connectivity index (χ1) is 15.3. The van der Waals surface area contributed by atoms with Crippen LogP contribution in [0.25, 0.3) is 23.0 Å². The van der Waals surface area contributed by atoms with E-state index in [0.717, 1.165) is 44.0 Å². The molecule has 0 aliphatic carbocycles. The van der Waals surface area contributed by atoms with Crippen molar-refractivity contribution in [3.05, 3.63) is 65.7 Å². The van der Waals surface area contributed by atoms with Crippen LogP contribution < -0.4 is 5.73 Å². The topological polar surface area (TPSA) is 108 Å². The quantitative estimate of drug-likeness (QED) is 0.510. The number of ether oxygens (including phenoxy) is 1. The van der Waals surface area contributed by atoms with E-state index in [-0.39, 0.29) is 5.89 Å². The fourth-order valence-electron chi connectivity index (χ4n) is 3.55. The summed E-state index contributed by atoms with van der Waals surface area (Å²) in [7, 11) is 0. The van der Waals surface area contributed by atoms with E-state index in [9.17, 15) is 0 Å². The largest absolute Gasteiger partial charge is 0.382 e. The molecule has 9 heteroatoms. The van der Waals surface area contributed by atoms with E-state index in [0.29, 0.717) is 23.9 Å². The third-order valence-electron chi connectivity index (χ3n) is 5.30. The average Bonchev–Trinajstić information content (AvgIpc) is 3.44. The van der Waals surface area contributed by atoms with Crippen LogP contribution in [0.5, 0.6) is 0 Å². The van der Waals surface area contributed by atoms with E-state index >= 15 is 0 Å². The second-order valence-electron chi connectivity index (χ2n) is 7.48. The Balaban J connectivity index is 1.28. The van der Waals surface area contributed by atoms with Gasteiger partial charge in [-0.25, -0.2) is 4.68 Å². The molecule has 31 heavy (non-hydrogen) atoms. The van der Waals surface area contributed by atoms with E-state index in [1.54, 1.807) is 4.68 Å². The Hall–Kier alpha value is -3.56. The van der Waals surface area contributed by atoms with Gasteiger partial charge in [0.15, 0.2) is 11.5 Å². The van der Waals surface area contributed by atoms with Gasteiger partial charge in [-0.2, -0.15) is 4.98 Å². The molecule has 0 bridgehead atoms. The van der Waals surface area contributed by atoms with Crippen LogP contribution in [0.1, 0.15) is 11.1 Å².